The number of para-hydroxylation sites is 1. The van der Waals surface area contributed by atoms with Crippen LogP contribution in [0.1, 0.15) is 20.8 Å². The fraction of sp³-hybridized carbons (Fsp3) is 0.381. The van der Waals surface area contributed by atoms with Gasteiger partial charge in [-0.1, -0.05) is 18.2 Å². The third-order valence-electron chi connectivity index (χ3n) is 4.48. The summed E-state index contributed by atoms with van der Waals surface area (Å²) in [5, 5.41) is 12.5. The smallest absolute Gasteiger partial charge is 0.243 e. The van der Waals surface area contributed by atoms with Crippen molar-refractivity contribution in [3.8, 4) is 0 Å². The summed E-state index contributed by atoms with van der Waals surface area (Å²) < 4.78 is 26.3. The number of hydrogen-bond donors (Lipinski definition) is 2. The third kappa shape index (κ3) is 6.28. The molecule has 0 saturated heterocycles. The van der Waals surface area contributed by atoms with Gasteiger partial charge in [0.2, 0.25) is 15.9 Å². The maximum Gasteiger partial charge on any atom is 0.243 e. The Kier molecular flexibility index (Phi) is 7.78. The maximum absolute atomic E-state index is 12.5. The number of rotatable bonds is 9. The van der Waals surface area contributed by atoms with E-state index in [0.717, 1.165) is 5.69 Å². The van der Waals surface area contributed by atoms with Crippen molar-refractivity contribution in [2.45, 2.75) is 37.8 Å². The maximum atomic E-state index is 12.5. The van der Waals surface area contributed by atoms with Gasteiger partial charge in [-0.3, -0.25) is 4.79 Å². The third-order valence-corrected chi connectivity index (χ3v) is 6.53. The second-order valence-corrected chi connectivity index (χ2v) is 9.25. The van der Waals surface area contributed by atoms with Crippen molar-refractivity contribution in [3.05, 3.63) is 54.6 Å². The minimum atomic E-state index is -3.57. The Bertz CT molecular complexity index is 897. The summed E-state index contributed by atoms with van der Waals surface area (Å²) in [7, 11) is -2.03. The first-order chi connectivity index (χ1) is 13.6. The molecule has 0 aliphatic carbocycles. The summed E-state index contributed by atoms with van der Waals surface area (Å²) in [6.45, 7) is 5.65. The van der Waals surface area contributed by atoms with Gasteiger partial charge in [0.1, 0.15) is 0 Å². The fourth-order valence-electron chi connectivity index (χ4n) is 2.75. The van der Waals surface area contributed by atoms with E-state index in [1.807, 2.05) is 30.3 Å². The Morgan fingerprint density at radius 2 is 1.62 bits per heavy atom. The minimum absolute atomic E-state index is 0.0606. The van der Waals surface area contributed by atoms with Gasteiger partial charge >= 0.3 is 0 Å². The second-order valence-electron chi connectivity index (χ2n) is 7.25. The predicted octanol–water partition coefficient (Wildman–Crippen LogP) is 2.54. The van der Waals surface area contributed by atoms with E-state index in [9.17, 15) is 18.3 Å². The van der Waals surface area contributed by atoms with Crippen LogP contribution < -0.4 is 10.2 Å². The van der Waals surface area contributed by atoms with E-state index in [-0.39, 0.29) is 23.4 Å². The molecule has 0 aliphatic heterocycles. The standard InChI is InChI=1S/C21H29N3O4S/c1-16(2)23(4)29(27,28)20-12-10-18(11-13-20)22-21(26)15-24(14-17(3)25)19-8-6-5-7-9-19/h5-13,16-17,25H,14-15H2,1-4H3,(H,22,26). The molecule has 2 rings (SSSR count). The summed E-state index contributed by atoms with van der Waals surface area (Å²) in [6.07, 6.45) is -0.592. The van der Waals surface area contributed by atoms with E-state index < -0.39 is 16.1 Å². The molecule has 29 heavy (non-hydrogen) atoms. The van der Waals surface area contributed by atoms with Crippen molar-refractivity contribution < 1.29 is 18.3 Å². The van der Waals surface area contributed by atoms with Crippen LogP contribution in [0.4, 0.5) is 11.4 Å². The van der Waals surface area contributed by atoms with Crippen LogP contribution in [-0.2, 0) is 14.8 Å². The molecule has 2 N–H and O–H groups in total. The quantitative estimate of drug-likeness (QED) is 0.652. The van der Waals surface area contributed by atoms with E-state index in [0.29, 0.717) is 12.2 Å². The van der Waals surface area contributed by atoms with Gasteiger partial charge in [0.25, 0.3) is 0 Å². The lowest BCUT2D eigenvalue weighted by molar-refractivity contribution is -0.115. The zero-order valence-electron chi connectivity index (χ0n) is 17.2. The average molecular weight is 420 g/mol. The Morgan fingerprint density at radius 3 is 2.14 bits per heavy atom. The Labute approximate surface area is 173 Å². The Hall–Kier alpha value is -2.42. The SMILES string of the molecule is CC(O)CN(CC(=O)Nc1ccc(S(=O)(=O)N(C)C(C)C)cc1)c1ccccc1. The topological polar surface area (TPSA) is 90.0 Å². The van der Waals surface area contributed by atoms with Crippen LogP contribution in [0, 0.1) is 0 Å². The normalized spacial score (nSPS) is 12.8. The molecule has 1 amide bonds. The fourth-order valence-corrected chi connectivity index (χ4v) is 4.11. The zero-order valence-corrected chi connectivity index (χ0v) is 18.1. The summed E-state index contributed by atoms with van der Waals surface area (Å²) in [6, 6.07) is 15.3. The monoisotopic (exact) mass is 419 g/mol. The Morgan fingerprint density at radius 1 is 1.03 bits per heavy atom. The molecule has 2 aromatic rings. The summed E-state index contributed by atoms with van der Waals surface area (Å²) in [4.78, 5) is 14.5. The lowest BCUT2D eigenvalue weighted by Gasteiger charge is -2.25. The van der Waals surface area contributed by atoms with Gasteiger partial charge < -0.3 is 15.3 Å². The number of benzene rings is 2. The van der Waals surface area contributed by atoms with Crippen LogP contribution in [0.15, 0.2) is 59.5 Å². The number of nitrogens with one attached hydrogen (secondary N) is 1. The number of carbonyl (C=O) groups is 1. The lowest BCUT2D eigenvalue weighted by atomic mass is 10.2. The van der Waals surface area contributed by atoms with E-state index >= 15 is 0 Å². The van der Waals surface area contributed by atoms with E-state index in [4.69, 9.17) is 0 Å². The van der Waals surface area contributed by atoms with Gasteiger partial charge in [-0.2, -0.15) is 4.31 Å². The molecule has 0 saturated carbocycles. The average Bonchev–Trinajstić information content (AvgIpc) is 2.67. The van der Waals surface area contributed by atoms with Gasteiger partial charge in [0.05, 0.1) is 17.5 Å². The van der Waals surface area contributed by atoms with Crippen molar-refractivity contribution >= 4 is 27.3 Å². The second kappa shape index (κ2) is 9.87. The highest BCUT2D eigenvalue weighted by atomic mass is 32.2. The molecule has 1 unspecified atom stereocenters. The molecule has 0 spiro atoms. The summed E-state index contributed by atoms with van der Waals surface area (Å²) >= 11 is 0. The van der Waals surface area contributed by atoms with Crippen LogP contribution in [0.3, 0.4) is 0 Å². The summed E-state index contributed by atoms with van der Waals surface area (Å²) in [5.41, 5.74) is 1.34. The lowest BCUT2D eigenvalue weighted by Crippen LogP contribution is -2.37. The molecule has 0 radical (unpaired) electrons. The van der Waals surface area contributed by atoms with Gasteiger partial charge in [-0.05, 0) is 57.2 Å². The molecular weight excluding hydrogens is 390 g/mol. The number of sulfonamides is 1. The largest absolute Gasteiger partial charge is 0.392 e. The van der Waals surface area contributed by atoms with Crippen LogP contribution in [0.2, 0.25) is 0 Å². The number of aliphatic hydroxyl groups is 1. The number of hydrogen-bond acceptors (Lipinski definition) is 5. The van der Waals surface area contributed by atoms with Crippen LogP contribution in [0.5, 0.6) is 0 Å². The molecule has 1 atom stereocenters. The number of nitrogens with zero attached hydrogens (tertiary/aromatic N) is 2. The van der Waals surface area contributed by atoms with Gasteiger partial charge in [-0.25, -0.2) is 8.42 Å². The van der Waals surface area contributed by atoms with Crippen molar-refractivity contribution in [1.29, 1.82) is 0 Å². The number of carbonyl (C=O) groups excluding carboxylic acids is 1. The highest BCUT2D eigenvalue weighted by Gasteiger charge is 2.23. The molecule has 0 aromatic heterocycles. The van der Waals surface area contributed by atoms with Crippen molar-refractivity contribution in [2.75, 3.05) is 30.4 Å². The first-order valence-corrected chi connectivity index (χ1v) is 10.9. The number of anilines is 2. The van der Waals surface area contributed by atoms with Crippen LogP contribution >= 0.6 is 0 Å². The highest BCUT2D eigenvalue weighted by molar-refractivity contribution is 7.89. The number of aliphatic hydroxyl groups excluding tert-OH is 1. The van der Waals surface area contributed by atoms with Crippen molar-refractivity contribution in [3.63, 3.8) is 0 Å². The van der Waals surface area contributed by atoms with Gasteiger partial charge in [0, 0.05) is 31.0 Å². The van der Waals surface area contributed by atoms with E-state index in [1.54, 1.807) is 37.8 Å². The minimum Gasteiger partial charge on any atom is -0.392 e. The van der Waals surface area contributed by atoms with Gasteiger partial charge in [-0.15, -0.1) is 0 Å². The molecule has 8 heteroatoms. The highest BCUT2D eigenvalue weighted by Crippen LogP contribution is 2.19. The van der Waals surface area contributed by atoms with Crippen molar-refractivity contribution in [1.82, 2.24) is 4.31 Å². The molecule has 7 nitrogen and oxygen atoms in total. The van der Waals surface area contributed by atoms with Crippen LogP contribution in [0.25, 0.3) is 0 Å². The van der Waals surface area contributed by atoms with Crippen molar-refractivity contribution in [2.24, 2.45) is 0 Å². The molecule has 2 aromatic carbocycles. The number of amides is 1. The predicted molar refractivity (Wildman–Crippen MR) is 115 cm³/mol. The first-order valence-electron chi connectivity index (χ1n) is 9.47. The molecule has 0 bridgehead atoms. The molecule has 0 heterocycles. The molecule has 0 aliphatic rings. The molecular formula is C21H29N3O4S. The summed E-state index contributed by atoms with van der Waals surface area (Å²) in [5.74, 6) is -0.260. The zero-order chi connectivity index (χ0) is 21.6. The van der Waals surface area contributed by atoms with Gasteiger partial charge in [0.15, 0.2) is 0 Å². The Balaban J connectivity index is 2.08. The van der Waals surface area contributed by atoms with E-state index in [1.165, 1.54) is 23.5 Å². The molecule has 0 fully saturated rings. The first kappa shape index (κ1) is 22.9. The van der Waals surface area contributed by atoms with E-state index in [2.05, 4.69) is 5.32 Å². The molecule has 158 valence electrons. The van der Waals surface area contributed by atoms with Crippen LogP contribution in [-0.4, -0.2) is 56.0 Å².